The second kappa shape index (κ2) is 10.9. The molecular formula is C25H43N5O2. The molecule has 1 aliphatic carbocycles. The van der Waals surface area contributed by atoms with Gasteiger partial charge in [-0.1, -0.05) is 20.8 Å². The summed E-state index contributed by atoms with van der Waals surface area (Å²) in [5.74, 6) is 2.81. The van der Waals surface area contributed by atoms with Crippen molar-refractivity contribution in [3.05, 3.63) is 17.6 Å². The van der Waals surface area contributed by atoms with E-state index < -0.39 is 0 Å². The highest BCUT2D eigenvalue weighted by Gasteiger charge is 2.28. The topological polar surface area (TPSA) is 70.6 Å². The molecule has 0 aromatic carbocycles. The van der Waals surface area contributed by atoms with Gasteiger partial charge in [-0.15, -0.1) is 0 Å². The van der Waals surface area contributed by atoms with Crippen molar-refractivity contribution in [2.45, 2.75) is 90.8 Å². The second-order valence-corrected chi connectivity index (χ2v) is 10.8. The van der Waals surface area contributed by atoms with Gasteiger partial charge in [0.15, 0.2) is 0 Å². The van der Waals surface area contributed by atoms with E-state index in [1.165, 1.54) is 25.8 Å². The van der Waals surface area contributed by atoms with Gasteiger partial charge in [-0.25, -0.2) is 9.97 Å². The zero-order valence-electron chi connectivity index (χ0n) is 21.0. The highest BCUT2D eigenvalue weighted by atomic mass is 16.5. The van der Waals surface area contributed by atoms with E-state index in [0.717, 1.165) is 55.7 Å². The van der Waals surface area contributed by atoms with E-state index in [9.17, 15) is 4.79 Å². The Hall–Kier alpha value is -1.73. The van der Waals surface area contributed by atoms with Crippen molar-refractivity contribution in [1.82, 2.24) is 20.2 Å². The first-order chi connectivity index (χ1) is 15.2. The maximum atomic E-state index is 11.3. The van der Waals surface area contributed by atoms with Gasteiger partial charge in [-0.05, 0) is 51.5 Å². The molecule has 1 unspecified atom stereocenters. The molecule has 0 radical (unpaired) electrons. The summed E-state index contributed by atoms with van der Waals surface area (Å²) in [7, 11) is 1.71. The van der Waals surface area contributed by atoms with Crippen molar-refractivity contribution >= 4 is 11.7 Å². The standard InChI is InChI=1S/C25H43N5O2/c1-18-16-29(12-11-20-7-9-21(10-8-20)26-19(2)31)13-14-30(18)23-15-22(17-32-6)27-24(28-23)25(3,4)5/h15,18,20-21H,7-14,16-17H2,1-6H3,(H,26,31). The Labute approximate surface area is 194 Å². The van der Waals surface area contributed by atoms with Crippen LogP contribution in [0.2, 0.25) is 0 Å². The zero-order chi connectivity index (χ0) is 23.3. The monoisotopic (exact) mass is 445 g/mol. The Morgan fingerprint density at radius 1 is 1.19 bits per heavy atom. The van der Waals surface area contributed by atoms with Gasteiger partial charge >= 0.3 is 0 Å². The van der Waals surface area contributed by atoms with Crippen LogP contribution in [-0.2, 0) is 21.6 Å². The number of rotatable bonds is 7. The lowest BCUT2D eigenvalue weighted by molar-refractivity contribution is -0.119. The summed E-state index contributed by atoms with van der Waals surface area (Å²) < 4.78 is 5.36. The number of methoxy groups -OCH3 is 1. The second-order valence-electron chi connectivity index (χ2n) is 10.8. The van der Waals surface area contributed by atoms with Gasteiger partial charge in [0.25, 0.3) is 0 Å². The number of hydrogen-bond donors (Lipinski definition) is 1. The van der Waals surface area contributed by atoms with Gasteiger partial charge in [-0.2, -0.15) is 0 Å². The first-order valence-electron chi connectivity index (χ1n) is 12.3. The van der Waals surface area contributed by atoms with Gasteiger partial charge in [-0.3, -0.25) is 9.69 Å². The van der Waals surface area contributed by atoms with Crippen LogP contribution in [-0.4, -0.2) is 66.1 Å². The fourth-order valence-electron chi connectivity index (χ4n) is 5.01. The molecule has 32 heavy (non-hydrogen) atoms. The van der Waals surface area contributed by atoms with Gasteiger partial charge < -0.3 is 15.0 Å². The summed E-state index contributed by atoms with van der Waals surface area (Å²) in [5, 5.41) is 3.09. The van der Waals surface area contributed by atoms with E-state index in [0.29, 0.717) is 18.7 Å². The number of ether oxygens (including phenoxy) is 1. The average Bonchev–Trinajstić information content (AvgIpc) is 2.72. The fraction of sp³-hybridized carbons (Fsp3) is 0.800. The molecule has 7 nitrogen and oxygen atoms in total. The average molecular weight is 446 g/mol. The maximum absolute atomic E-state index is 11.3. The summed E-state index contributed by atoms with van der Waals surface area (Å²) in [6.07, 6.45) is 5.99. The molecule has 1 amide bonds. The van der Waals surface area contributed by atoms with E-state index in [1.54, 1.807) is 14.0 Å². The number of hydrogen-bond acceptors (Lipinski definition) is 6. The van der Waals surface area contributed by atoms with Crippen LogP contribution < -0.4 is 10.2 Å². The van der Waals surface area contributed by atoms with Crippen LogP contribution in [0.25, 0.3) is 0 Å². The molecule has 1 aromatic heterocycles. The predicted molar refractivity (Wildman–Crippen MR) is 129 cm³/mol. The van der Waals surface area contributed by atoms with E-state index in [1.807, 2.05) is 0 Å². The molecule has 1 aromatic rings. The Balaban J connectivity index is 1.53. The number of anilines is 1. The molecule has 1 N–H and O–H groups in total. The van der Waals surface area contributed by atoms with Crippen molar-refractivity contribution in [2.75, 3.05) is 38.2 Å². The molecular weight excluding hydrogens is 402 g/mol. The molecule has 2 aliphatic rings. The van der Waals surface area contributed by atoms with Gasteiger partial charge in [0.05, 0.1) is 12.3 Å². The van der Waals surface area contributed by atoms with Crippen molar-refractivity contribution in [3.63, 3.8) is 0 Å². The summed E-state index contributed by atoms with van der Waals surface area (Å²) in [6, 6.07) is 2.90. The molecule has 2 fully saturated rings. The number of piperazine rings is 1. The zero-order valence-corrected chi connectivity index (χ0v) is 21.0. The first kappa shape index (κ1) is 24.9. The number of aromatic nitrogens is 2. The Kier molecular flexibility index (Phi) is 8.50. The Bertz CT molecular complexity index is 755. The lowest BCUT2D eigenvalue weighted by atomic mass is 9.84. The number of amides is 1. The largest absolute Gasteiger partial charge is 0.378 e. The maximum Gasteiger partial charge on any atom is 0.217 e. The number of nitrogens with zero attached hydrogens (tertiary/aromatic N) is 4. The summed E-state index contributed by atoms with van der Waals surface area (Å²) in [6.45, 7) is 15.2. The van der Waals surface area contributed by atoms with Crippen LogP contribution in [0.4, 0.5) is 5.82 Å². The third-order valence-corrected chi connectivity index (χ3v) is 6.84. The molecule has 1 saturated heterocycles. The lowest BCUT2D eigenvalue weighted by Gasteiger charge is -2.41. The van der Waals surface area contributed by atoms with Crippen molar-refractivity contribution in [1.29, 1.82) is 0 Å². The van der Waals surface area contributed by atoms with Crippen LogP contribution in [0.3, 0.4) is 0 Å². The van der Waals surface area contributed by atoms with E-state index in [4.69, 9.17) is 14.7 Å². The van der Waals surface area contributed by atoms with Gasteiger partial charge in [0.1, 0.15) is 11.6 Å². The van der Waals surface area contributed by atoms with Crippen LogP contribution >= 0.6 is 0 Å². The van der Waals surface area contributed by atoms with Crippen LogP contribution in [0, 0.1) is 5.92 Å². The minimum Gasteiger partial charge on any atom is -0.378 e. The van der Waals surface area contributed by atoms with Crippen LogP contribution in [0.1, 0.15) is 78.2 Å². The Morgan fingerprint density at radius 2 is 1.91 bits per heavy atom. The third-order valence-electron chi connectivity index (χ3n) is 6.84. The molecule has 0 bridgehead atoms. The number of nitrogens with one attached hydrogen (secondary N) is 1. The third kappa shape index (κ3) is 6.88. The lowest BCUT2D eigenvalue weighted by Crippen LogP contribution is -2.52. The highest BCUT2D eigenvalue weighted by Crippen LogP contribution is 2.28. The smallest absolute Gasteiger partial charge is 0.217 e. The molecule has 1 aliphatic heterocycles. The van der Waals surface area contributed by atoms with Crippen molar-refractivity contribution < 1.29 is 9.53 Å². The molecule has 1 saturated carbocycles. The molecule has 3 rings (SSSR count). The minimum absolute atomic E-state index is 0.0947. The molecule has 7 heteroatoms. The Morgan fingerprint density at radius 3 is 2.50 bits per heavy atom. The van der Waals surface area contributed by atoms with E-state index >= 15 is 0 Å². The predicted octanol–water partition coefficient (Wildman–Crippen LogP) is 3.52. The SMILES string of the molecule is COCc1cc(N2CCN(CCC3CCC(NC(C)=O)CC3)CC2C)nc(C(C)(C)C)n1. The number of carbonyl (C=O) groups excluding carboxylic acids is 1. The van der Waals surface area contributed by atoms with Crippen LogP contribution in [0.5, 0.6) is 0 Å². The molecule has 1 atom stereocenters. The number of carbonyl (C=O) groups is 1. The summed E-state index contributed by atoms with van der Waals surface area (Å²) >= 11 is 0. The van der Waals surface area contributed by atoms with E-state index in [-0.39, 0.29) is 11.3 Å². The summed E-state index contributed by atoms with van der Waals surface area (Å²) in [4.78, 5) is 26.0. The fourth-order valence-corrected chi connectivity index (χ4v) is 5.01. The molecule has 2 heterocycles. The van der Waals surface area contributed by atoms with Gasteiger partial charge in [0.2, 0.25) is 5.91 Å². The van der Waals surface area contributed by atoms with Crippen molar-refractivity contribution in [3.8, 4) is 0 Å². The van der Waals surface area contributed by atoms with Gasteiger partial charge in [0, 0.05) is 57.2 Å². The first-order valence-corrected chi connectivity index (χ1v) is 12.3. The molecule has 0 spiro atoms. The molecule has 180 valence electrons. The van der Waals surface area contributed by atoms with E-state index in [2.05, 4.69) is 48.9 Å². The quantitative estimate of drug-likeness (QED) is 0.693. The van der Waals surface area contributed by atoms with Crippen LogP contribution in [0.15, 0.2) is 6.07 Å². The normalized spacial score (nSPS) is 25.1. The summed E-state index contributed by atoms with van der Waals surface area (Å²) in [5.41, 5.74) is 0.856. The highest BCUT2D eigenvalue weighted by molar-refractivity contribution is 5.73. The van der Waals surface area contributed by atoms with Crippen molar-refractivity contribution in [2.24, 2.45) is 5.92 Å². The minimum atomic E-state index is -0.0947.